The van der Waals surface area contributed by atoms with Crippen LogP contribution >= 0.6 is 7.92 Å². The Balaban J connectivity index is 1.93. The number of rotatable bonds is 4. The summed E-state index contributed by atoms with van der Waals surface area (Å²) in [6, 6.07) is 16.9. The molecule has 0 saturated carbocycles. The minimum atomic E-state index is -4.94. The van der Waals surface area contributed by atoms with E-state index in [0.29, 0.717) is 5.57 Å². The van der Waals surface area contributed by atoms with Gasteiger partial charge in [-0.05, 0) is 42.7 Å². The zero-order valence-corrected chi connectivity index (χ0v) is 19.0. The van der Waals surface area contributed by atoms with Crippen LogP contribution in [0.25, 0.3) is 5.69 Å². The fourth-order valence-electron chi connectivity index (χ4n) is 3.51. The summed E-state index contributed by atoms with van der Waals surface area (Å²) in [7, 11) is -1.36. The Labute approximate surface area is 193 Å². The van der Waals surface area contributed by atoms with E-state index in [1.807, 2.05) is 62.4 Å². The van der Waals surface area contributed by atoms with Crippen molar-refractivity contribution in [1.29, 1.82) is 0 Å². The van der Waals surface area contributed by atoms with Gasteiger partial charge in [0.1, 0.15) is 5.57 Å². The molecule has 4 aromatic rings. The van der Waals surface area contributed by atoms with Crippen LogP contribution < -0.4 is 16.2 Å². The third-order valence-corrected chi connectivity index (χ3v) is 7.62. The SMILES string of the molecule is Cc1ccc(P(c2ccc(C)cc2)c2nccn2-c2cc(C(F)(F)F)cc(C(F)(F)F)c2)cc1. The van der Waals surface area contributed by atoms with Crippen LogP contribution in [0.5, 0.6) is 0 Å². The molecule has 0 N–H and O–H groups in total. The molecule has 1 heterocycles. The van der Waals surface area contributed by atoms with Crippen molar-refractivity contribution in [2.45, 2.75) is 26.2 Å². The maximum absolute atomic E-state index is 13.5. The van der Waals surface area contributed by atoms with Gasteiger partial charge in [0.25, 0.3) is 0 Å². The lowest BCUT2D eigenvalue weighted by Gasteiger charge is -2.21. The number of aryl methyl sites for hydroxylation is 2. The van der Waals surface area contributed by atoms with Crippen molar-refractivity contribution in [3.63, 3.8) is 0 Å². The third kappa shape index (κ3) is 5.02. The minimum Gasteiger partial charge on any atom is -0.300 e. The molecule has 0 saturated heterocycles. The first-order valence-corrected chi connectivity index (χ1v) is 11.5. The van der Waals surface area contributed by atoms with Crippen molar-refractivity contribution in [2.75, 3.05) is 0 Å². The number of aromatic nitrogens is 2. The molecule has 0 aliphatic heterocycles. The second-order valence-corrected chi connectivity index (χ2v) is 9.97. The molecule has 9 heteroatoms. The van der Waals surface area contributed by atoms with Gasteiger partial charge >= 0.3 is 12.4 Å². The van der Waals surface area contributed by atoms with Gasteiger partial charge < -0.3 is 0 Å². The van der Waals surface area contributed by atoms with E-state index in [2.05, 4.69) is 4.98 Å². The monoisotopic (exact) mass is 492 g/mol. The lowest BCUT2D eigenvalue weighted by atomic mass is 10.1. The quantitative estimate of drug-likeness (QED) is 0.242. The maximum Gasteiger partial charge on any atom is 0.416 e. The number of benzene rings is 3. The first kappa shape index (κ1) is 24.0. The van der Waals surface area contributed by atoms with Crippen LogP contribution in [0.15, 0.2) is 79.1 Å². The highest BCUT2D eigenvalue weighted by Crippen LogP contribution is 2.38. The summed E-state index contributed by atoms with van der Waals surface area (Å²) in [4.78, 5) is 4.40. The minimum absolute atomic E-state index is 0.128. The van der Waals surface area contributed by atoms with Crippen molar-refractivity contribution >= 4 is 24.1 Å². The molecule has 176 valence electrons. The Bertz CT molecular complexity index is 1210. The summed E-state index contributed by atoms with van der Waals surface area (Å²) in [6.45, 7) is 3.86. The highest BCUT2D eigenvalue weighted by Gasteiger charge is 2.37. The molecular weight excluding hydrogens is 473 g/mol. The van der Waals surface area contributed by atoms with Gasteiger partial charge in [0.2, 0.25) is 0 Å². The van der Waals surface area contributed by atoms with E-state index in [0.717, 1.165) is 33.9 Å². The predicted octanol–water partition coefficient (Wildman–Crippen LogP) is 6.28. The Kier molecular flexibility index (Phi) is 6.30. The molecule has 0 spiro atoms. The molecule has 0 aliphatic rings. The first-order valence-electron chi connectivity index (χ1n) is 10.2. The van der Waals surface area contributed by atoms with Crippen LogP contribution in [0, 0.1) is 13.8 Å². The summed E-state index contributed by atoms with van der Waals surface area (Å²) in [5.74, 6) is 0. The molecule has 3 aromatic carbocycles. The van der Waals surface area contributed by atoms with E-state index in [9.17, 15) is 26.3 Å². The third-order valence-electron chi connectivity index (χ3n) is 5.26. The Morgan fingerprint density at radius 2 is 1.12 bits per heavy atom. The average Bonchev–Trinajstić information content (AvgIpc) is 3.24. The summed E-state index contributed by atoms with van der Waals surface area (Å²) in [5, 5.41) is 1.75. The lowest BCUT2D eigenvalue weighted by molar-refractivity contribution is -0.143. The summed E-state index contributed by atoms with van der Waals surface area (Å²) in [5.41, 5.74) is -0.562. The van der Waals surface area contributed by atoms with E-state index in [1.54, 1.807) is 0 Å². The average molecular weight is 492 g/mol. The van der Waals surface area contributed by atoms with Gasteiger partial charge in [-0.25, -0.2) is 4.98 Å². The molecule has 0 fully saturated rings. The van der Waals surface area contributed by atoms with E-state index in [1.165, 1.54) is 17.0 Å². The lowest BCUT2D eigenvalue weighted by Crippen LogP contribution is -2.27. The Hall–Kier alpha value is -3.12. The maximum atomic E-state index is 13.5. The highest BCUT2D eigenvalue weighted by molar-refractivity contribution is 7.79. The Morgan fingerprint density at radius 1 is 0.676 bits per heavy atom. The molecule has 2 nitrogen and oxygen atoms in total. The van der Waals surface area contributed by atoms with Crippen LogP contribution in [0.4, 0.5) is 26.3 Å². The molecule has 34 heavy (non-hydrogen) atoms. The highest BCUT2D eigenvalue weighted by atomic mass is 31.1. The fourth-order valence-corrected chi connectivity index (χ4v) is 5.74. The predicted molar refractivity (Wildman–Crippen MR) is 122 cm³/mol. The number of hydrogen-bond donors (Lipinski definition) is 0. The van der Waals surface area contributed by atoms with Gasteiger partial charge in [-0.1, -0.05) is 59.7 Å². The standard InChI is InChI=1S/C25H19F6N2P/c1-16-3-7-21(8-4-16)34(22-9-5-17(2)6-10-22)23-32-11-12-33(23)20-14-18(24(26,27)28)13-19(15-20)25(29,30)31/h3-15H,1-2H3. The van der Waals surface area contributed by atoms with Gasteiger partial charge in [-0.15, -0.1) is 0 Å². The van der Waals surface area contributed by atoms with Crippen molar-refractivity contribution in [1.82, 2.24) is 9.55 Å². The van der Waals surface area contributed by atoms with Gasteiger partial charge in [0.15, 0.2) is 0 Å². The van der Waals surface area contributed by atoms with Crippen molar-refractivity contribution in [3.05, 3.63) is 101 Å². The topological polar surface area (TPSA) is 17.8 Å². The molecule has 0 aliphatic carbocycles. The fraction of sp³-hybridized carbons (Fsp3) is 0.160. The zero-order valence-electron chi connectivity index (χ0n) is 18.1. The van der Waals surface area contributed by atoms with Crippen molar-refractivity contribution in [3.8, 4) is 5.69 Å². The zero-order chi connectivity index (χ0) is 24.7. The molecular formula is C25H19F6N2P. The summed E-state index contributed by atoms with van der Waals surface area (Å²) >= 11 is 0. The molecule has 0 atom stereocenters. The van der Waals surface area contributed by atoms with Gasteiger partial charge in [0.05, 0.1) is 11.1 Å². The van der Waals surface area contributed by atoms with Gasteiger partial charge in [-0.3, -0.25) is 4.57 Å². The molecule has 0 radical (unpaired) electrons. The second kappa shape index (κ2) is 8.91. The van der Waals surface area contributed by atoms with Crippen LogP contribution in [0.2, 0.25) is 0 Å². The number of nitrogens with zero attached hydrogens (tertiary/aromatic N) is 2. The van der Waals surface area contributed by atoms with E-state index < -0.39 is 31.4 Å². The van der Waals surface area contributed by atoms with E-state index in [-0.39, 0.29) is 11.8 Å². The second-order valence-electron chi connectivity index (χ2n) is 7.87. The smallest absolute Gasteiger partial charge is 0.300 e. The van der Waals surface area contributed by atoms with Gasteiger partial charge in [0, 0.05) is 26.0 Å². The normalized spacial score (nSPS) is 12.4. The van der Waals surface area contributed by atoms with Crippen molar-refractivity contribution < 1.29 is 26.3 Å². The number of hydrogen-bond acceptors (Lipinski definition) is 1. The van der Waals surface area contributed by atoms with Crippen LogP contribution in [0.3, 0.4) is 0 Å². The van der Waals surface area contributed by atoms with Crippen LogP contribution in [-0.4, -0.2) is 9.55 Å². The van der Waals surface area contributed by atoms with Crippen LogP contribution in [-0.2, 0) is 12.4 Å². The summed E-state index contributed by atoms with van der Waals surface area (Å²) < 4.78 is 82.0. The summed E-state index contributed by atoms with van der Waals surface area (Å²) in [6.07, 6.45) is -7.09. The largest absolute Gasteiger partial charge is 0.416 e. The molecule has 0 amide bonds. The van der Waals surface area contributed by atoms with Gasteiger partial charge in [-0.2, -0.15) is 26.3 Å². The Morgan fingerprint density at radius 3 is 1.53 bits per heavy atom. The first-order chi connectivity index (χ1) is 15.9. The number of halogens is 6. The van der Waals surface area contributed by atoms with Crippen molar-refractivity contribution in [2.24, 2.45) is 0 Å². The molecule has 0 unspecified atom stereocenters. The van der Waals surface area contributed by atoms with E-state index in [4.69, 9.17) is 0 Å². The molecule has 1 aromatic heterocycles. The number of alkyl halides is 6. The number of imidazole rings is 1. The van der Waals surface area contributed by atoms with Crippen LogP contribution in [0.1, 0.15) is 22.3 Å². The van der Waals surface area contributed by atoms with E-state index >= 15 is 0 Å². The molecule has 4 rings (SSSR count). The molecule has 0 bridgehead atoms.